The third-order valence-corrected chi connectivity index (χ3v) is 28.5. The number of nitrogens with one attached hydrogen (secondary N) is 1. The molecule has 0 saturated carbocycles. The summed E-state index contributed by atoms with van der Waals surface area (Å²) in [7, 11) is -6.83. The van der Waals surface area contributed by atoms with Gasteiger partial charge in [-0.05, 0) is 51.4 Å². The van der Waals surface area contributed by atoms with Crippen LogP contribution in [0.15, 0.2) is 0 Å². The number of hydrogen-bond acceptors (Lipinski definition) is 4. The zero-order chi connectivity index (χ0) is 38.7. The Balaban J connectivity index is 7.63. The van der Waals surface area contributed by atoms with Gasteiger partial charge >= 0.3 is 0 Å². The molecule has 0 bridgehead atoms. The van der Waals surface area contributed by atoms with Crippen LogP contribution in [-0.4, -0.2) is 85.3 Å². The van der Waals surface area contributed by atoms with Crippen molar-refractivity contribution in [2.45, 2.75) is 199 Å². The summed E-state index contributed by atoms with van der Waals surface area (Å²) in [5.41, 5.74) is 9.37. The van der Waals surface area contributed by atoms with Gasteiger partial charge in [0.25, 0.3) is 0 Å². The maximum atomic E-state index is 13.9. The Hall–Kier alpha value is -0.669. The average Bonchev–Trinajstić information content (AvgIpc) is 2.92. The second kappa shape index (κ2) is 20.5. The summed E-state index contributed by atoms with van der Waals surface area (Å²) in [6.07, 6.45) is -7.39. The lowest BCUT2D eigenvalue weighted by Crippen LogP contribution is -2.56. The van der Waals surface area contributed by atoms with Gasteiger partial charge in [-0.3, -0.25) is 4.90 Å². The lowest BCUT2D eigenvalue weighted by atomic mass is 10.1. The van der Waals surface area contributed by atoms with Crippen molar-refractivity contribution in [3.8, 4) is 22.9 Å². The Morgan fingerprint density at radius 3 is 1.41 bits per heavy atom. The standard InChI is InChI=1S/C38H74F4N2O2Si3/c1-27(2)48(28(3)4,29(5)6)24-20-33(26-46-47(16,17)38(13,14)15)44(23-19-36(41)42)37(45)34(43-22-18-35(39)40)21-25-49(30(7)8,31(9)10)32(11)12/h27-37,43,45H,18-19,22-23,26H2,1-17H3/t33-,34-,37?/m0/s1. The summed E-state index contributed by atoms with van der Waals surface area (Å²) in [5.74, 6) is 6.86. The highest BCUT2D eigenvalue weighted by Crippen LogP contribution is 2.42. The predicted molar refractivity (Wildman–Crippen MR) is 210 cm³/mol. The van der Waals surface area contributed by atoms with E-state index >= 15 is 0 Å². The SMILES string of the molecule is CC(C)[Si](C#C[C@H](NCCC(F)F)C(O)N(CCC(F)F)[C@@H](C#C[Si](C(C)C)(C(C)C)C(C)C)CO[Si](C)(C)C(C)(C)C)(C(C)C)C(C)C. The second-order valence-corrected chi connectivity index (χ2v) is 33.3. The van der Waals surface area contributed by atoms with E-state index in [4.69, 9.17) is 4.43 Å². The lowest BCUT2D eigenvalue weighted by molar-refractivity contribution is -0.0431. The molecule has 0 radical (unpaired) electrons. The molecule has 0 aliphatic heterocycles. The second-order valence-electron chi connectivity index (χ2n) is 17.4. The molecule has 49 heavy (non-hydrogen) atoms. The van der Waals surface area contributed by atoms with Gasteiger partial charge in [-0.15, -0.1) is 11.1 Å². The minimum Gasteiger partial charge on any atom is -0.414 e. The minimum absolute atomic E-state index is 0.0722. The molecule has 0 rings (SSSR count). The van der Waals surface area contributed by atoms with E-state index in [1.54, 1.807) is 4.90 Å². The van der Waals surface area contributed by atoms with Gasteiger partial charge in [-0.1, -0.05) is 116 Å². The molecular formula is C38H74F4N2O2Si3. The Morgan fingerprint density at radius 1 is 0.673 bits per heavy atom. The largest absolute Gasteiger partial charge is 0.414 e. The first-order valence-electron chi connectivity index (χ1n) is 18.6. The maximum Gasteiger partial charge on any atom is 0.239 e. The molecule has 0 amide bonds. The van der Waals surface area contributed by atoms with Crippen LogP contribution in [0.25, 0.3) is 0 Å². The number of hydrogen-bond donors (Lipinski definition) is 2. The van der Waals surface area contributed by atoms with Gasteiger partial charge in [0.2, 0.25) is 12.9 Å². The number of aliphatic hydroxyl groups is 1. The Morgan fingerprint density at radius 2 is 1.06 bits per heavy atom. The normalized spacial score (nSPS) is 15.6. The van der Waals surface area contributed by atoms with Gasteiger partial charge in [-0.2, -0.15) is 0 Å². The lowest BCUT2D eigenvalue weighted by Gasteiger charge is -2.41. The van der Waals surface area contributed by atoms with Gasteiger partial charge in [0, 0.05) is 25.9 Å². The fourth-order valence-corrected chi connectivity index (χ4v) is 19.1. The topological polar surface area (TPSA) is 44.7 Å². The van der Waals surface area contributed by atoms with Crippen LogP contribution < -0.4 is 5.32 Å². The highest BCUT2D eigenvalue weighted by Gasteiger charge is 2.44. The molecule has 0 spiro atoms. The van der Waals surface area contributed by atoms with E-state index in [0.29, 0.717) is 33.2 Å². The van der Waals surface area contributed by atoms with E-state index in [1.165, 1.54) is 0 Å². The van der Waals surface area contributed by atoms with Crippen LogP contribution in [0.2, 0.25) is 51.4 Å². The molecule has 0 aromatic carbocycles. The first-order valence-corrected chi connectivity index (χ1v) is 26.0. The Labute approximate surface area is 302 Å². The molecule has 4 nitrogen and oxygen atoms in total. The van der Waals surface area contributed by atoms with Gasteiger partial charge in [0.05, 0.1) is 12.6 Å². The van der Waals surface area contributed by atoms with Crippen LogP contribution in [0.1, 0.15) is 117 Å². The van der Waals surface area contributed by atoms with Crippen molar-refractivity contribution in [3.63, 3.8) is 0 Å². The molecule has 2 N–H and O–H groups in total. The van der Waals surface area contributed by atoms with E-state index in [0.717, 1.165) is 0 Å². The van der Waals surface area contributed by atoms with Crippen LogP contribution in [0, 0.1) is 22.9 Å². The molecule has 0 aromatic heterocycles. The number of rotatable bonds is 19. The average molecular weight is 751 g/mol. The highest BCUT2D eigenvalue weighted by molar-refractivity contribution is 6.91. The Bertz CT molecular complexity index is 1040. The van der Waals surface area contributed by atoms with Crippen molar-refractivity contribution >= 4 is 24.5 Å². The van der Waals surface area contributed by atoms with Crippen molar-refractivity contribution in [2.24, 2.45) is 0 Å². The highest BCUT2D eigenvalue weighted by atomic mass is 28.4. The van der Waals surface area contributed by atoms with E-state index in [-0.39, 0.29) is 24.7 Å². The van der Waals surface area contributed by atoms with Crippen molar-refractivity contribution in [2.75, 3.05) is 19.7 Å². The molecular weight excluding hydrogens is 677 g/mol. The zero-order valence-electron chi connectivity index (χ0n) is 34.2. The summed E-state index contributed by atoms with van der Waals surface area (Å²) >= 11 is 0. The van der Waals surface area contributed by atoms with Gasteiger partial charge in [-0.25, -0.2) is 17.6 Å². The van der Waals surface area contributed by atoms with Crippen molar-refractivity contribution in [3.05, 3.63) is 0 Å². The fourth-order valence-electron chi connectivity index (χ4n) is 7.49. The number of halogens is 4. The molecule has 0 aromatic rings. The van der Waals surface area contributed by atoms with Crippen molar-refractivity contribution in [1.29, 1.82) is 0 Å². The van der Waals surface area contributed by atoms with Crippen LogP contribution in [0.3, 0.4) is 0 Å². The zero-order valence-corrected chi connectivity index (χ0v) is 37.2. The van der Waals surface area contributed by atoms with E-state index < -0.39 is 68.5 Å². The monoisotopic (exact) mass is 750 g/mol. The smallest absolute Gasteiger partial charge is 0.239 e. The molecule has 0 aliphatic rings. The van der Waals surface area contributed by atoms with Crippen LogP contribution >= 0.6 is 0 Å². The number of alkyl halides is 4. The first-order chi connectivity index (χ1) is 22.2. The number of nitrogens with zero attached hydrogens (tertiary/aromatic N) is 1. The van der Waals surface area contributed by atoms with Crippen molar-refractivity contribution in [1.82, 2.24) is 10.2 Å². The predicted octanol–water partition coefficient (Wildman–Crippen LogP) is 10.7. The van der Waals surface area contributed by atoms with E-state index in [9.17, 15) is 22.7 Å². The first kappa shape index (κ1) is 48.3. The van der Waals surface area contributed by atoms with Gasteiger partial charge in [0.1, 0.15) is 28.4 Å². The summed E-state index contributed by atoms with van der Waals surface area (Å²) in [4.78, 5) is 1.62. The molecule has 0 aliphatic carbocycles. The molecule has 0 heterocycles. The maximum absolute atomic E-state index is 13.9. The fraction of sp³-hybridized carbons (Fsp3) is 0.895. The quantitative estimate of drug-likeness (QED) is 0.0597. The third-order valence-electron chi connectivity index (χ3n) is 11.4. The molecule has 1 unspecified atom stereocenters. The summed E-state index contributed by atoms with van der Waals surface area (Å²) in [5, 5.41) is 15.2. The van der Waals surface area contributed by atoms with Crippen LogP contribution in [0.4, 0.5) is 17.6 Å². The molecule has 0 saturated heterocycles. The van der Waals surface area contributed by atoms with Crippen LogP contribution in [0.5, 0.6) is 0 Å². The van der Waals surface area contributed by atoms with Gasteiger partial charge < -0.3 is 14.8 Å². The van der Waals surface area contributed by atoms with Crippen molar-refractivity contribution < 1.29 is 27.1 Å². The summed E-state index contributed by atoms with van der Waals surface area (Å²) in [6.45, 7) is 37.1. The molecule has 0 fully saturated rings. The van der Waals surface area contributed by atoms with E-state index in [1.807, 2.05) is 0 Å². The Kier molecular flexibility index (Phi) is 20.3. The third kappa shape index (κ3) is 13.4. The van der Waals surface area contributed by atoms with Gasteiger partial charge in [0.15, 0.2) is 8.32 Å². The summed E-state index contributed by atoms with van der Waals surface area (Å²) in [6, 6.07) is -1.64. The molecule has 288 valence electrons. The number of aliphatic hydroxyl groups excluding tert-OH is 1. The molecule has 3 atom stereocenters. The minimum atomic E-state index is -2.60. The van der Waals surface area contributed by atoms with E-state index in [2.05, 4.69) is 145 Å². The van der Waals surface area contributed by atoms with Crippen LogP contribution in [-0.2, 0) is 4.43 Å². The summed E-state index contributed by atoms with van der Waals surface area (Å²) < 4.78 is 61.2. The molecule has 11 heteroatoms.